The highest BCUT2D eigenvalue weighted by Gasteiger charge is 2.31. The number of anilines is 2. The molecular weight excluding hydrogens is 461 g/mol. The highest BCUT2D eigenvalue weighted by molar-refractivity contribution is 14.1. The Bertz CT molecular complexity index is 889. The number of benzene rings is 2. The van der Waals surface area contributed by atoms with Gasteiger partial charge < -0.3 is 20.5 Å². The molecule has 1 unspecified atom stereocenters. The van der Waals surface area contributed by atoms with Gasteiger partial charge in [0.1, 0.15) is 18.4 Å². The van der Waals surface area contributed by atoms with E-state index in [1.165, 1.54) is 13.8 Å². The zero-order valence-corrected chi connectivity index (χ0v) is 16.9. The molecule has 0 saturated carbocycles. The molecule has 0 aliphatic heterocycles. The first-order valence-electron chi connectivity index (χ1n) is 7.95. The van der Waals surface area contributed by atoms with Gasteiger partial charge in [-0.15, -0.1) is 0 Å². The van der Waals surface area contributed by atoms with Gasteiger partial charge in [0.15, 0.2) is 5.60 Å². The number of aliphatic hydroxyl groups is 1. The number of hydrogen-bond donors (Lipinski definition) is 3. The first kappa shape index (κ1) is 20.7. The number of nitrogens with one attached hydrogen (secondary N) is 2. The van der Waals surface area contributed by atoms with E-state index in [-0.39, 0.29) is 12.5 Å². The van der Waals surface area contributed by atoms with E-state index < -0.39 is 11.5 Å². The van der Waals surface area contributed by atoms with Crippen molar-refractivity contribution in [3.63, 3.8) is 0 Å². The molecule has 1 atom stereocenters. The molecule has 0 heterocycles. The standard InChI is InChI=1S/C19H18IN3O4/c1-12(24)22-14-5-7-16(8-6-14)27-11-19(2,26)18(25)23-15-4-3-13(10-21)17(20)9-15/h3-9,26H,11H2,1-2H3,(H,22,24)(H,23,25). The number of halogens is 1. The highest BCUT2D eigenvalue weighted by atomic mass is 127. The highest BCUT2D eigenvalue weighted by Crippen LogP contribution is 2.20. The van der Waals surface area contributed by atoms with E-state index in [1.54, 1.807) is 42.5 Å². The van der Waals surface area contributed by atoms with Gasteiger partial charge in [0.25, 0.3) is 5.91 Å². The minimum atomic E-state index is -1.77. The Morgan fingerprint density at radius 3 is 2.37 bits per heavy atom. The SMILES string of the molecule is CC(=O)Nc1ccc(OCC(C)(O)C(=O)Nc2ccc(C#N)c(I)c2)cc1. The van der Waals surface area contributed by atoms with E-state index in [9.17, 15) is 14.7 Å². The second kappa shape index (κ2) is 8.83. The number of ether oxygens (including phenoxy) is 1. The van der Waals surface area contributed by atoms with E-state index in [4.69, 9.17) is 10.00 Å². The second-order valence-corrected chi connectivity index (χ2v) is 7.19. The van der Waals surface area contributed by atoms with Crippen molar-refractivity contribution in [3.05, 3.63) is 51.6 Å². The van der Waals surface area contributed by atoms with Gasteiger partial charge in [-0.3, -0.25) is 9.59 Å². The van der Waals surface area contributed by atoms with E-state index in [0.29, 0.717) is 26.3 Å². The van der Waals surface area contributed by atoms with E-state index >= 15 is 0 Å². The lowest BCUT2D eigenvalue weighted by atomic mass is 10.1. The quantitative estimate of drug-likeness (QED) is 0.552. The summed E-state index contributed by atoms with van der Waals surface area (Å²) >= 11 is 2.00. The van der Waals surface area contributed by atoms with Crippen LogP contribution in [0.15, 0.2) is 42.5 Å². The molecule has 0 saturated heterocycles. The molecule has 0 aliphatic rings. The van der Waals surface area contributed by atoms with Crippen molar-refractivity contribution < 1.29 is 19.4 Å². The molecule has 0 bridgehead atoms. The summed E-state index contributed by atoms with van der Waals surface area (Å²) in [7, 11) is 0. The summed E-state index contributed by atoms with van der Waals surface area (Å²) in [6.07, 6.45) is 0. The molecule has 140 valence electrons. The Hall–Kier alpha value is -2.64. The van der Waals surface area contributed by atoms with Gasteiger partial charge in [0.2, 0.25) is 5.91 Å². The lowest BCUT2D eigenvalue weighted by Gasteiger charge is -2.22. The third-order valence-corrected chi connectivity index (χ3v) is 4.42. The van der Waals surface area contributed by atoms with Crippen LogP contribution in [0.3, 0.4) is 0 Å². The monoisotopic (exact) mass is 479 g/mol. The third-order valence-electron chi connectivity index (χ3n) is 3.53. The molecule has 0 spiro atoms. The minimum Gasteiger partial charge on any atom is -0.490 e. The summed E-state index contributed by atoms with van der Waals surface area (Å²) in [6, 6.07) is 13.5. The van der Waals surface area contributed by atoms with Crippen LogP contribution in [0.2, 0.25) is 0 Å². The van der Waals surface area contributed by atoms with Gasteiger partial charge in [-0.2, -0.15) is 5.26 Å². The number of carbonyl (C=O) groups excluding carboxylic acids is 2. The minimum absolute atomic E-state index is 0.180. The van der Waals surface area contributed by atoms with Gasteiger partial charge >= 0.3 is 0 Å². The molecule has 27 heavy (non-hydrogen) atoms. The maximum absolute atomic E-state index is 12.3. The maximum atomic E-state index is 12.3. The smallest absolute Gasteiger partial charge is 0.259 e. The number of nitriles is 1. The summed E-state index contributed by atoms with van der Waals surface area (Å²) in [4.78, 5) is 23.3. The predicted molar refractivity (Wildman–Crippen MR) is 109 cm³/mol. The second-order valence-electron chi connectivity index (χ2n) is 6.03. The molecule has 2 aromatic rings. The Morgan fingerprint density at radius 2 is 1.81 bits per heavy atom. The maximum Gasteiger partial charge on any atom is 0.259 e. The molecular formula is C19H18IN3O4. The zero-order chi connectivity index (χ0) is 20.0. The van der Waals surface area contributed by atoms with Crippen molar-refractivity contribution in [3.8, 4) is 11.8 Å². The molecule has 0 fully saturated rings. The average Bonchev–Trinajstić information content (AvgIpc) is 2.61. The molecule has 2 aromatic carbocycles. The normalized spacial score (nSPS) is 12.4. The van der Waals surface area contributed by atoms with Crippen molar-refractivity contribution in [1.29, 1.82) is 5.26 Å². The van der Waals surface area contributed by atoms with Gasteiger partial charge in [0.05, 0.1) is 5.56 Å². The molecule has 8 heteroatoms. The van der Waals surface area contributed by atoms with Crippen LogP contribution >= 0.6 is 22.6 Å². The lowest BCUT2D eigenvalue weighted by Crippen LogP contribution is -2.45. The fraction of sp³-hybridized carbons (Fsp3) is 0.211. The predicted octanol–water partition coefficient (Wildman–Crippen LogP) is 2.89. The third kappa shape index (κ3) is 5.94. The summed E-state index contributed by atoms with van der Waals surface area (Å²) in [6.45, 7) is 2.50. The molecule has 0 aliphatic carbocycles. The van der Waals surface area contributed by atoms with Crippen molar-refractivity contribution in [2.75, 3.05) is 17.2 Å². The number of amides is 2. The topological polar surface area (TPSA) is 111 Å². The fourth-order valence-corrected chi connectivity index (χ4v) is 2.71. The number of rotatable bonds is 6. The van der Waals surface area contributed by atoms with Crippen molar-refractivity contribution in [2.45, 2.75) is 19.4 Å². The molecule has 7 nitrogen and oxygen atoms in total. The van der Waals surface area contributed by atoms with Crippen LogP contribution in [0.5, 0.6) is 5.75 Å². The zero-order valence-electron chi connectivity index (χ0n) is 14.7. The van der Waals surface area contributed by atoms with Crippen LogP contribution in [-0.4, -0.2) is 29.1 Å². The molecule has 0 radical (unpaired) electrons. The molecule has 2 rings (SSSR count). The summed E-state index contributed by atoms with van der Waals surface area (Å²) in [5.41, 5.74) is -0.167. The summed E-state index contributed by atoms with van der Waals surface area (Å²) in [5, 5.41) is 24.6. The van der Waals surface area contributed by atoms with Gasteiger partial charge in [0, 0.05) is 21.9 Å². The van der Waals surface area contributed by atoms with Gasteiger partial charge in [-0.25, -0.2) is 0 Å². The number of carbonyl (C=O) groups is 2. The average molecular weight is 479 g/mol. The summed E-state index contributed by atoms with van der Waals surface area (Å²) in [5.74, 6) is -0.358. The Kier molecular flexibility index (Phi) is 6.76. The first-order chi connectivity index (χ1) is 12.7. The van der Waals surface area contributed by atoms with Crippen LogP contribution in [0.1, 0.15) is 19.4 Å². The van der Waals surface area contributed by atoms with Gasteiger partial charge in [-0.1, -0.05) is 0 Å². The Morgan fingerprint density at radius 1 is 1.19 bits per heavy atom. The van der Waals surface area contributed by atoms with Crippen LogP contribution < -0.4 is 15.4 Å². The summed E-state index contributed by atoms with van der Waals surface area (Å²) < 4.78 is 6.18. The van der Waals surface area contributed by atoms with Crippen LogP contribution in [-0.2, 0) is 9.59 Å². The Labute approximate surface area is 170 Å². The van der Waals surface area contributed by atoms with Crippen LogP contribution in [0.4, 0.5) is 11.4 Å². The van der Waals surface area contributed by atoms with E-state index in [0.717, 1.165) is 0 Å². The molecule has 0 aromatic heterocycles. The number of nitrogens with zero attached hydrogens (tertiary/aromatic N) is 1. The largest absolute Gasteiger partial charge is 0.490 e. The van der Waals surface area contributed by atoms with E-state index in [2.05, 4.69) is 10.6 Å². The first-order valence-corrected chi connectivity index (χ1v) is 9.03. The molecule has 3 N–H and O–H groups in total. The lowest BCUT2D eigenvalue weighted by molar-refractivity contribution is -0.135. The van der Waals surface area contributed by atoms with Crippen molar-refractivity contribution in [2.24, 2.45) is 0 Å². The number of hydrogen-bond acceptors (Lipinski definition) is 5. The van der Waals surface area contributed by atoms with Crippen molar-refractivity contribution in [1.82, 2.24) is 0 Å². The molecule has 2 amide bonds. The van der Waals surface area contributed by atoms with Crippen LogP contribution in [0.25, 0.3) is 0 Å². The van der Waals surface area contributed by atoms with E-state index in [1.807, 2.05) is 28.7 Å². The fourth-order valence-electron chi connectivity index (χ4n) is 2.08. The van der Waals surface area contributed by atoms with Crippen LogP contribution in [0, 0.1) is 14.9 Å². The van der Waals surface area contributed by atoms with Gasteiger partial charge in [-0.05, 0) is 72.0 Å². The Balaban J connectivity index is 1.96. The van der Waals surface area contributed by atoms with Crippen molar-refractivity contribution >= 4 is 45.8 Å².